The molecule has 2 amide bonds. The molecule has 0 aliphatic carbocycles. The SMILES string of the molecule is Cc1nnc([C@H]2CCCN2C(=O)Nc2ccc(OC(F)(F)F)cc2)n1Cc1ccc(Cl)cc1. The summed E-state index contributed by atoms with van der Waals surface area (Å²) in [7, 11) is 0. The van der Waals surface area contributed by atoms with Crippen molar-refractivity contribution in [1.82, 2.24) is 19.7 Å². The summed E-state index contributed by atoms with van der Waals surface area (Å²) in [6, 6.07) is 11.9. The van der Waals surface area contributed by atoms with Gasteiger partial charge in [0, 0.05) is 17.3 Å². The van der Waals surface area contributed by atoms with Crippen molar-refractivity contribution in [3.8, 4) is 5.75 Å². The maximum atomic E-state index is 13.0. The predicted octanol–water partition coefficient (Wildman–Crippen LogP) is 5.56. The fourth-order valence-electron chi connectivity index (χ4n) is 3.83. The number of halogens is 4. The second-order valence-corrected chi connectivity index (χ2v) is 8.11. The Hall–Kier alpha value is -3.27. The maximum absolute atomic E-state index is 13.0. The van der Waals surface area contributed by atoms with Crippen LogP contribution in [0.15, 0.2) is 48.5 Å². The minimum atomic E-state index is -4.77. The highest BCUT2D eigenvalue weighted by atomic mass is 35.5. The summed E-state index contributed by atoms with van der Waals surface area (Å²) in [5.74, 6) is 1.06. The van der Waals surface area contributed by atoms with E-state index >= 15 is 0 Å². The van der Waals surface area contributed by atoms with E-state index in [4.69, 9.17) is 11.6 Å². The zero-order valence-electron chi connectivity index (χ0n) is 17.6. The monoisotopic (exact) mass is 479 g/mol. The first-order chi connectivity index (χ1) is 15.7. The van der Waals surface area contributed by atoms with E-state index in [1.807, 2.05) is 35.8 Å². The van der Waals surface area contributed by atoms with E-state index < -0.39 is 6.36 Å². The number of benzene rings is 2. The number of alkyl halides is 3. The van der Waals surface area contributed by atoms with Crippen LogP contribution in [0.5, 0.6) is 5.75 Å². The van der Waals surface area contributed by atoms with Crippen LogP contribution in [0.3, 0.4) is 0 Å². The van der Waals surface area contributed by atoms with Gasteiger partial charge in [0.2, 0.25) is 0 Å². The zero-order chi connectivity index (χ0) is 23.6. The molecule has 1 aromatic heterocycles. The predicted molar refractivity (Wildman–Crippen MR) is 116 cm³/mol. The van der Waals surface area contributed by atoms with Gasteiger partial charge in [0.1, 0.15) is 11.6 Å². The molecule has 1 atom stereocenters. The largest absolute Gasteiger partial charge is 0.573 e. The van der Waals surface area contributed by atoms with Gasteiger partial charge in [-0.1, -0.05) is 23.7 Å². The van der Waals surface area contributed by atoms with Gasteiger partial charge in [-0.2, -0.15) is 0 Å². The number of rotatable bonds is 5. The number of likely N-dealkylation sites (tertiary alicyclic amines) is 1. The average molecular weight is 480 g/mol. The quantitative estimate of drug-likeness (QED) is 0.520. The van der Waals surface area contributed by atoms with Crippen LogP contribution in [0.4, 0.5) is 23.7 Å². The number of aryl methyl sites for hydroxylation is 1. The Labute approximate surface area is 193 Å². The number of anilines is 1. The highest BCUT2D eigenvalue weighted by Crippen LogP contribution is 2.32. The molecule has 1 aliphatic heterocycles. The lowest BCUT2D eigenvalue weighted by molar-refractivity contribution is -0.274. The molecule has 33 heavy (non-hydrogen) atoms. The van der Waals surface area contributed by atoms with Crippen LogP contribution in [0, 0.1) is 6.92 Å². The molecular weight excluding hydrogens is 459 g/mol. The number of carbonyl (C=O) groups excluding carboxylic acids is 1. The van der Waals surface area contributed by atoms with Gasteiger partial charge in [-0.05, 0) is 61.7 Å². The summed E-state index contributed by atoms with van der Waals surface area (Å²) in [4.78, 5) is 14.6. The molecule has 1 aliphatic rings. The molecule has 1 fully saturated rings. The maximum Gasteiger partial charge on any atom is 0.573 e. The molecule has 0 radical (unpaired) electrons. The summed E-state index contributed by atoms with van der Waals surface area (Å²) in [5.41, 5.74) is 1.39. The first kappa shape index (κ1) is 22.9. The Morgan fingerprint density at radius 2 is 1.85 bits per heavy atom. The Morgan fingerprint density at radius 3 is 2.52 bits per heavy atom. The van der Waals surface area contributed by atoms with Gasteiger partial charge < -0.3 is 19.5 Å². The Bertz CT molecular complexity index is 1120. The first-order valence-electron chi connectivity index (χ1n) is 10.3. The van der Waals surface area contributed by atoms with E-state index in [0.717, 1.165) is 36.4 Å². The number of nitrogens with one attached hydrogen (secondary N) is 1. The highest BCUT2D eigenvalue weighted by molar-refractivity contribution is 6.30. The molecule has 11 heteroatoms. The molecule has 2 aromatic carbocycles. The minimum Gasteiger partial charge on any atom is -0.406 e. The molecule has 174 valence electrons. The summed E-state index contributed by atoms with van der Waals surface area (Å²) >= 11 is 5.98. The second-order valence-electron chi connectivity index (χ2n) is 7.67. The fourth-order valence-corrected chi connectivity index (χ4v) is 3.95. The van der Waals surface area contributed by atoms with Crippen LogP contribution in [-0.4, -0.2) is 38.6 Å². The molecule has 0 saturated carbocycles. The molecule has 0 bridgehead atoms. The van der Waals surface area contributed by atoms with Crippen LogP contribution in [-0.2, 0) is 6.54 Å². The standard InChI is InChI=1S/C22H21ClF3N5O2/c1-14-28-29-20(31(14)13-15-4-6-16(23)7-5-15)19-3-2-12-30(19)21(32)27-17-8-10-18(11-9-17)33-22(24,25)26/h4-11,19H,2-3,12-13H2,1H3,(H,27,32)/t19-/m1/s1. The van der Waals surface area contributed by atoms with Gasteiger partial charge >= 0.3 is 12.4 Å². The number of amides is 2. The van der Waals surface area contributed by atoms with Crippen molar-refractivity contribution >= 4 is 23.3 Å². The number of carbonyl (C=O) groups is 1. The third kappa shape index (κ3) is 5.57. The average Bonchev–Trinajstić information content (AvgIpc) is 3.37. The molecule has 7 nitrogen and oxygen atoms in total. The molecule has 1 saturated heterocycles. The lowest BCUT2D eigenvalue weighted by Gasteiger charge is -2.25. The van der Waals surface area contributed by atoms with Gasteiger partial charge in [-0.15, -0.1) is 23.4 Å². The molecular formula is C22H21ClF3N5O2. The third-order valence-electron chi connectivity index (χ3n) is 5.37. The Balaban J connectivity index is 1.48. The number of aromatic nitrogens is 3. The van der Waals surface area contributed by atoms with Gasteiger partial charge in [-0.3, -0.25) is 0 Å². The van der Waals surface area contributed by atoms with E-state index in [1.165, 1.54) is 12.1 Å². The van der Waals surface area contributed by atoms with Crippen LogP contribution in [0.25, 0.3) is 0 Å². The van der Waals surface area contributed by atoms with Crippen molar-refractivity contribution < 1.29 is 22.7 Å². The number of ether oxygens (including phenoxy) is 1. The third-order valence-corrected chi connectivity index (χ3v) is 5.62. The van der Waals surface area contributed by atoms with Crippen molar-refractivity contribution in [3.63, 3.8) is 0 Å². The molecule has 1 N–H and O–H groups in total. The van der Waals surface area contributed by atoms with Crippen molar-refractivity contribution in [2.24, 2.45) is 0 Å². The van der Waals surface area contributed by atoms with E-state index in [-0.39, 0.29) is 17.8 Å². The Kier molecular flexibility index (Phi) is 6.46. The molecule has 3 aromatic rings. The topological polar surface area (TPSA) is 72.3 Å². The summed E-state index contributed by atoms with van der Waals surface area (Å²) in [6.07, 6.45) is -3.25. The molecule has 4 rings (SSSR count). The first-order valence-corrected chi connectivity index (χ1v) is 10.6. The van der Waals surface area contributed by atoms with Crippen molar-refractivity contribution in [3.05, 3.63) is 70.8 Å². The van der Waals surface area contributed by atoms with Gasteiger partial charge in [0.05, 0.1) is 12.6 Å². The second kappa shape index (κ2) is 9.30. The normalized spacial score (nSPS) is 16.2. The summed E-state index contributed by atoms with van der Waals surface area (Å²) < 4.78 is 42.8. The van der Waals surface area contributed by atoms with Gasteiger partial charge in [-0.25, -0.2) is 4.79 Å². The molecule has 0 spiro atoms. The fraction of sp³-hybridized carbons (Fsp3) is 0.318. The van der Waals surface area contributed by atoms with Crippen molar-refractivity contribution in [1.29, 1.82) is 0 Å². The van der Waals surface area contributed by atoms with Crippen molar-refractivity contribution in [2.45, 2.75) is 38.7 Å². The van der Waals surface area contributed by atoms with Crippen LogP contribution in [0.2, 0.25) is 5.02 Å². The summed E-state index contributed by atoms with van der Waals surface area (Å²) in [5, 5.41) is 11.9. The van der Waals surface area contributed by atoms with Gasteiger partial charge in [0.25, 0.3) is 0 Å². The smallest absolute Gasteiger partial charge is 0.406 e. The molecule has 2 heterocycles. The van der Waals surface area contributed by atoms with E-state index in [2.05, 4.69) is 20.3 Å². The van der Waals surface area contributed by atoms with E-state index in [1.54, 1.807) is 4.90 Å². The Morgan fingerprint density at radius 1 is 1.15 bits per heavy atom. The van der Waals surface area contributed by atoms with E-state index in [9.17, 15) is 18.0 Å². The van der Waals surface area contributed by atoms with Crippen LogP contribution < -0.4 is 10.1 Å². The van der Waals surface area contributed by atoms with Crippen LogP contribution >= 0.6 is 11.6 Å². The zero-order valence-corrected chi connectivity index (χ0v) is 18.4. The lowest BCUT2D eigenvalue weighted by atomic mass is 10.2. The number of hydrogen-bond acceptors (Lipinski definition) is 4. The van der Waals surface area contributed by atoms with Crippen molar-refractivity contribution in [2.75, 3.05) is 11.9 Å². The molecule has 0 unspecified atom stereocenters. The minimum absolute atomic E-state index is 0.272. The van der Waals surface area contributed by atoms with E-state index in [0.29, 0.717) is 29.6 Å². The number of nitrogens with zero attached hydrogens (tertiary/aromatic N) is 4. The number of hydrogen-bond donors (Lipinski definition) is 1. The van der Waals surface area contributed by atoms with Crippen LogP contribution in [0.1, 0.15) is 36.1 Å². The van der Waals surface area contributed by atoms with Gasteiger partial charge in [0.15, 0.2) is 5.82 Å². The number of urea groups is 1. The lowest BCUT2D eigenvalue weighted by Crippen LogP contribution is -2.35. The summed E-state index contributed by atoms with van der Waals surface area (Å²) in [6.45, 7) is 2.92. The highest BCUT2D eigenvalue weighted by Gasteiger charge is 2.34.